The Bertz CT molecular complexity index is 477. The van der Waals surface area contributed by atoms with Gasteiger partial charge in [0, 0.05) is 12.1 Å². The zero-order valence-electron chi connectivity index (χ0n) is 12.3. The third-order valence-electron chi connectivity index (χ3n) is 2.37. The van der Waals surface area contributed by atoms with Crippen molar-refractivity contribution in [3.05, 3.63) is 11.9 Å². The normalized spacial score (nSPS) is 12.8. The summed E-state index contributed by atoms with van der Waals surface area (Å²) in [6, 6.07) is -0.651. The molecule has 0 spiro atoms. The van der Waals surface area contributed by atoms with E-state index < -0.39 is 11.9 Å². The van der Waals surface area contributed by atoms with E-state index in [1.165, 1.54) is 10.9 Å². The number of nitrogens with one attached hydrogen (secondary N) is 2. The summed E-state index contributed by atoms with van der Waals surface area (Å²) in [6.45, 7) is 8.13. The lowest BCUT2D eigenvalue weighted by atomic mass is 10.1. The van der Waals surface area contributed by atoms with Crippen LogP contribution in [0.4, 0.5) is 0 Å². The molecule has 0 aliphatic carbocycles. The number of rotatable bonds is 5. The maximum atomic E-state index is 11.9. The fourth-order valence-corrected chi connectivity index (χ4v) is 1.46. The predicted molar refractivity (Wildman–Crippen MR) is 73.9 cm³/mol. The van der Waals surface area contributed by atoms with Crippen LogP contribution in [0.1, 0.15) is 38.2 Å². The summed E-state index contributed by atoms with van der Waals surface area (Å²) in [4.78, 5) is 23.8. The van der Waals surface area contributed by atoms with Crippen LogP contribution >= 0.6 is 0 Å². The Balaban J connectivity index is 2.58. The van der Waals surface area contributed by atoms with E-state index in [4.69, 9.17) is 5.73 Å². The van der Waals surface area contributed by atoms with Crippen LogP contribution < -0.4 is 16.4 Å². The van der Waals surface area contributed by atoms with Gasteiger partial charge in [0.1, 0.15) is 6.04 Å². The van der Waals surface area contributed by atoms with Gasteiger partial charge in [0.2, 0.25) is 5.91 Å². The molecule has 0 saturated carbocycles. The Kier molecular flexibility index (Phi) is 5.20. The third kappa shape index (κ3) is 4.96. The zero-order chi connectivity index (χ0) is 15.3. The minimum atomic E-state index is -0.651. The first kappa shape index (κ1) is 16.1. The molecule has 0 aliphatic heterocycles. The van der Waals surface area contributed by atoms with Crippen molar-refractivity contribution in [1.29, 1.82) is 0 Å². The van der Waals surface area contributed by atoms with Gasteiger partial charge in [-0.15, -0.1) is 5.10 Å². The van der Waals surface area contributed by atoms with Crippen LogP contribution in [0.2, 0.25) is 0 Å². The lowest BCUT2D eigenvalue weighted by Gasteiger charge is -2.23. The molecule has 0 fully saturated rings. The van der Waals surface area contributed by atoms with Crippen molar-refractivity contribution in [2.24, 2.45) is 5.73 Å². The molecule has 1 aromatic rings. The van der Waals surface area contributed by atoms with E-state index in [1.807, 2.05) is 20.8 Å². The van der Waals surface area contributed by atoms with Gasteiger partial charge in [-0.3, -0.25) is 14.3 Å². The summed E-state index contributed by atoms with van der Waals surface area (Å²) in [5.41, 5.74) is 5.20. The van der Waals surface area contributed by atoms with E-state index in [-0.39, 0.29) is 17.1 Å². The summed E-state index contributed by atoms with van der Waals surface area (Å²) >= 11 is 0. The fourth-order valence-electron chi connectivity index (χ4n) is 1.46. The topological polar surface area (TPSA) is 115 Å². The van der Waals surface area contributed by atoms with Crippen LogP contribution in [0.15, 0.2) is 6.20 Å². The minimum absolute atomic E-state index is 0.161. The summed E-state index contributed by atoms with van der Waals surface area (Å²) in [7, 11) is 0. The Labute approximate surface area is 118 Å². The van der Waals surface area contributed by atoms with Crippen molar-refractivity contribution in [3.8, 4) is 0 Å². The van der Waals surface area contributed by atoms with Gasteiger partial charge < -0.3 is 16.4 Å². The van der Waals surface area contributed by atoms with E-state index in [0.29, 0.717) is 13.1 Å². The summed E-state index contributed by atoms with van der Waals surface area (Å²) < 4.78 is 1.48. The van der Waals surface area contributed by atoms with Crippen molar-refractivity contribution in [2.75, 3.05) is 6.54 Å². The standard InChI is InChI=1S/C12H22N6O2/c1-8(10(19)15-12(2,3)4)14-11(20)9-7-18(6-5-13)17-16-9/h7-8H,5-6,13H2,1-4H3,(H,14,20)(H,15,19). The molecular formula is C12H22N6O2. The average Bonchev–Trinajstić information content (AvgIpc) is 2.75. The number of amides is 2. The second kappa shape index (κ2) is 6.47. The smallest absolute Gasteiger partial charge is 0.274 e. The SMILES string of the molecule is CC(NC(=O)c1cn(CCN)nn1)C(=O)NC(C)(C)C. The van der Waals surface area contributed by atoms with Crippen molar-refractivity contribution >= 4 is 11.8 Å². The Morgan fingerprint density at radius 2 is 2.10 bits per heavy atom. The van der Waals surface area contributed by atoms with Crippen molar-refractivity contribution in [1.82, 2.24) is 25.6 Å². The van der Waals surface area contributed by atoms with E-state index in [9.17, 15) is 9.59 Å². The highest BCUT2D eigenvalue weighted by Crippen LogP contribution is 2.00. The lowest BCUT2D eigenvalue weighted by Crippen LogP contribution is -2.50. The van der Waals surface area contributed by atoms with Gasteiger partial charge >= 0.3 is 0 Å². The molecule has 0 bridgehead atoms. The van der Waals surface area contributed by atoms with Gasteiger partial charge in [0.15, 0.2) is 5.69 Å². The van der Waals surface area contributed by atoms with E-state index in [2.05, 4.69) is 20.9 Å². The first-order valence-electron chi connectivity index (χ1n) is 6.46. The van der Waals surface area contributed by atoms with Crippen LogP contribution in [-0.4, -0.2) is 44.9 Å². The molecule has 4 N–H and O–H groups in total. The first-order chi connectivity index (χ1) is 9.23. The minimum Gasteiger partial charge on any atom is -0.350 e. The molecule has 1 rings (SSSR count). The third-order valence-corrected chi connectivity index (χ3v) is 2.37. The maximum absolute atomic E-state index is 11.9. The molecule has 0 radical (unpaired) electrons. The van der Waals surface area contributed by atoms with Gasteiger partial charge in [-0.25, -0.2) is 0 Å². The largest absolute Gasteiger partial charge is 0.350 e. The highest BCUT2D eigenvalue weighted by molar-refractivity contribution is 5.95. The Morgan fingerprint density at radius 3 is 2.65 bits per heavy atom. The van der Waals surface area contributed by atoms with Gasteiger partial charge in [-0.1, -0.05) is 5.21 Å². The number of hydrogen-bond donors (Lipinski definition) is 3. The molecule has 0 aliphatic rings. The van der Waals surface area contributed by atoms with E-state index in [1.54, 1.807) is 6.92 Å². The molecule has 0 aromatic carbocycles. The molecule has 20 heavy (non-hydrogen) atoms. The monoisotopic (exact) mass is 282 g/mol. The quantitative estimate of drug-likeness (QED) is 0.658. The van der Waals surface area contributed by atoms with Crippen LogP contribution in [0.5, 0.6) is 0 Å². The van der Waals surface area contributed by atoms with Gasteiger partial charge in [-0.2, -0.15) is 0 Å². The number of aromatic nitrogens is 3. The molecule has 1 unspecified atom stereocenters. The molecule has 8 heteroatoms. The Hall–Kier alpha value is -1.96. The summed E-state index contributed by atoms with van der Waals surface area (Å²) in [5.74, 6) is -0.690. The molecule has 1 heterocycles. The fraction of sp³-hybridized carbons (Fsp3) is 0.667. The van der Waals surface area contributed by atoms with Gasteiger partial charge in [0.25, 0.3) is 5.91 Å². The predicted octanol–water partition coefficient (Wildman–Crippen LogP) is -0.730. The number of carbonyl (C=O) groups excluding carboxylic acids is 2. The highest BCUT2D eigenvalue weighted by Gasteiger charge is 2.22. The van der Waals surface area contributed by atoms with E-state index in [0.717, 1.165) is 0 Å². The van der Waals surface area contributed by atoms with Crippen LogP contribution in [-0.2, 0) is 11.3 Å². The van der Waals surface area contributed by atoms with Crippen LogP contribution in [0, 0.1) is 0 Å². The van der Waals surface area contributed by atoms with Gasteiger partial charge in [0.05, 0.1) is 12.7 Å². The Morgan fingerprint density at radius 1 is 1.45 bits per heavy atom. The van der Waals surface area contributed by atoms with E-state index >= 15 is 0 Å². The summed E-state index contributed by atoms with van der Waals surface area (Å²) in [5, 5.41) is 12.9. The maximum Gasteiger partial charge on any atom is 0.274 e. The number of carbonyl (C=O) groups is 2. The molecule has 8 nitrogen and oxygen atoms in total. The van der Waals surface area contributed by atoms with Crippen LogP contribution in [0.3, 0.4) is 0 Å². The van der Waals surface area contributed by atoms with Crippen molar-refractivity contribution in [2.45, 2.75) is 45.8 Å². The first-order valence-corrected chi connectivity index (χ1v) is 6.46. The van der Waals surface area contributed by atoms with Crippen molar-refractivity contribution < 1.29 is 9.59 Å². The molecule has 1 aromatic heterocycles. The summed E-state index contributed by atoms with van der Waals surface area (Å²) in [6.07, 6.45) is 1.50. The van der Waals surface area contributed by atoms with Crippen molar-refractivity contribution in [3.63, 3.8) is 0 Å². The highest BCUT2D eigenvalue weighted by atomic mass is 16.2. The number of nitrogens with two attached hydrogens (primary N) is 1. The number of hydrogen-bond acceptors (Lipinski definition) is 5. The lowest BCUT2D eigenvalue weighted by molar-refractivity contribution is -0.124. The second-order valence-corrected chi connectivity index (χ2v) is 5.59. The van der Waals surface area contributed by atoms with Gasteiger partial charge in [-0.05, 0) is 27.7 Å². The molecule has 112 valence electrons. The molecule has 2 amide bonds. The number of nitrogens with zero attached hydrogens (tertiary/aromatic N) is 3. The molecule has 0 saturated heterocycles. The molecular weight excluding hydrogens is 260 g/mol. The second-order valence-electron chi connectivity index (χ2n) is 5.59. The zero-order valence-corrected chi connectivity index (χ0v) is 12.3. The average molecular weight is 282 g/mol. The molecule has 1 atom stereocenters. The van der Waals surface area contributed by atoms with Crippen LogP contribution in [0.25, 0.3) is 0 Å².